The van der Waals surface area contributed by atoms with Crippen LogP contribution in [-0.2, 0) is 22.4 Å². The third-order valence-electron chi connectivity index (χ3n) is 7.05. The second-order valence-electron chi connectivity index (χ2n) is 9.52. The highest BCUT2D eigenvalue weighted by Crippen LogP contribution is 2.25. The number of hydrogen-bond donors (Lipinski definition) is 1. The van der Waals surface area contributed by atoms with Crippen molar-refractivity contribution in [2.24, 2.45) is 5.92 Å². The van der Waals surface area contributed by atoms with Gasteiger partial charge in [0.15, 0.2) is 0 Å². The zero-order chi connectivity index (χ0) is 24.1. The van der Waals surface area contributed by atoms with E-state index in [0.29, 0.717) is 31.8 Å². The minimum absolute atomic E-state index is 0.166. The maximum absolute atomic E-state index is 13.1. The van der Waals surface area contributed by atoms with Crippen molar-refractivity contribution in [3.8, 4) is 5.75 Å². The van der Waals surface area contributed by atoms with Crippen LogP contribution in [0.2, 0.25) is 0 Å². The average molecular weight is 464 g/mol. The molecule has 7 heteroatoms. The topological polar surface area (TPSA) is 79.0 Å². The molecule has 180 valence electrons. The molecule has 4 rings (SSSR count). The third kappa shape index (κ3) is 5.41. The molecule has 0 spiro atoms. The molecule has 2 fully saturated rings. The Hall–Kier alpha value is -3.35. The van der Waals surface area contributed by atoms with E-state index in [0.717, 1.165) is 35.5 Å². The first-order valence-corrected chi connectivity index (χ1v) is 12.0. The summed E-state index contributed by atoms with van der Waals surface area (Å²) in [6.07, 6.45) is 3.96. The van der Waals surface area contributed by atoms with Gasteiger partial charge in [0.1, 0.15) is 17.8 Å². The van der Waals surface area contributed by atoms with Gasteiger partial charge in [0, 0.05) is 13.1 Å². The number of rotatable bonds is 8. The summed E-state index contributed by atoms with van der Waals surface area (Å²) in [5, 5.41) is 2.81. The number of imide groups is 1. The number of urea groups is 1. The number of nitrogens with zero attached hydrogens (tertiary/aromatic N) is 2. The first-order valence-electron chi connectivity index (χ1n) is 12.0. The summed E-state index contributed by atoms with van der Waals surface area (Å²) < 4.78 is 5.18. The Kier molecular flexibility index (Phi) is 7.20. The van der Waals surface area contributed by atoms with Crippen molar-refractivity contribution in [1.82, 2.24) is 15.1 Å². The molecule has 2 aliphatic rings. The molecule has 34 heavy (non-hydrogen) atoms. The molecule has 0 bridgehead atoms. The molecule has 2 aromatic rings. The van der Waals surface area contributed by atoms with Gasteiger partial charge in [-0.15, -0.1) is 0 Å². The minimum atomic E-state index is -1.01. The largest absolute Gasteiger partial charge is 0.497 e. The van der Waals surface area contributed by atoms with Gasteiger partial charge in [0.05, 0.1) is 7.11 Å². The summed E-state index contributed by atoms with van der Waals surface area (Å²) in [6.45, 7) is 2.85. The van der Waals surface area contributed by atoms with Gasteiger partial charge < -0.3 is 15.0 Å². The minimum Gasteiger partial charge on any atom is -0.497 e. The third-order valence-corrected chi connectivity index (χ3v) is 7.05. The maximum atomic E-state index is 13.1. The summed E-state index contributed by atoms with van der Waals surface area (Å²) in [5.74, 6) is 0.817. The Morgan fingerprint density at radius 2 is 1.71 bits per heavy atom. The fourth-order valence-corrected chi connectivity index (χ4v) is 4.82. The van der Waals surface area contributed by atoms with Crippen LogP contribution in [0.25, 0.3) is 0 Å². The van der Waals surface area contributed by atoms with Crippen LogP contribution in [0, 0.1) is 5.92 Å². The molecule has 0 aliphatic carbocycles. The normalized spacial score (nSPS) is 21.0. The van der Waals surface area contributed by atoms with E-state index >= 15 is 0 Å². The van der Waals surface area contributed by atoms with Crippen molar-refractivity contribution in [3.05, 3.63) is 65.7 Å². The molecule has 0 aromatic heterocycles. The van der Waals surface area contributed by atoms with Crippen molar-refractivity contribution in [1.29, 1.82) is 0 Å². The fraction of sp³-hybridized carbons (Fsp3) is 0.444. The van der Waals surface area contributed by atoms with Crippen LogP contribution in [0.3, 0.4) is 0 Å². The number of piperidine rings is 1. The standard InChI is InChI=1S/C27H33N3O4/c1-27(15-12-20-8-10-23(34-2)11-9-20)25(32)30(26(33)28-27)19-24(31)29-16-13-22(14-17-29)18-21-6-4-3-5-7-21/h3-11,22H,12-19H2,1-2H3,(H,28,33)/t27-/m0/s1. The number of amides is 4. The van der Waals surface area contributed by atoms with Gasteiger partial charge in [-0.2, -0.15) is 0 Å². The number of benzene rings is 2. The highest BCUT2D eigenvalue weighted by atomic mass is 16.5. The zero-order valence-corrected chi connectivity index (χ0v) is 20.0. The van der Waals surface area contributed by atoms with Gasteiger partial charge in [0.2, 0.25) is 5.91 Å². The first-order chi connectivity index (χ1) is 16.4. The van der Waals surface area contributed by atoms with E-state index in [9.17, 15) is 14.4 Å². The van der Waals surface area contributed by atoms with Crippen molar-refractivity contribution in [2.45, 2.75) is 44.6 Å². The maximum Gasteiger partial charge on any atom is 0.325 e. The lowest BCUT2D eigenvalue weighted by Crippen LogP contribution is -2.47. The van der Waals surface area contributed by atoms with Crippen LogP contribution in [0.5, 0.6) is 5.75 Å². The molecular formula is C27H33N3O4. The number of hydrogen-bond acceptors (Lipinski definition) is 4. The van der Waals surface area contributed by atoms with Crippen molar-refractivity contribution >= 4 is 17.8 Å². The summed E-state index contributed by atoms with van der Waals surface area (Å²) in [7, 11) is 1.62. The zero-order valence-electron chi connectivity index (χ0n) is 20.0. The molecule has 1 atom stereocenters. The predicted molar refractivity (Wildman–Crippen MR) is 129 cm³/mol. The molecule has 0 saturated carbocycles. The molecule has 0 unspecified atom stereocenters. The average Bonchev–Trinajstić information content (AvgIpc) is 3.07. The highest BCUT2D eigenvalue weighted by molar-refractivity contribution is 6.08. The van der Waals surface area contributed by atoms with Crippen molar-refractivity contribution in [3.63, 3.8) is 0 Å². The van der Waals surface area contributed by atoms with E-state index in [4.69, 9.17) is 4.74 Å². The van der Waals surface area contributed by atoms with E-state index in [-0.39, 0.29) is 18.4 Å². The number of carbonyl (C=O) groups is 3. The number of aryl methyl sites for hydroxylation is 1. The molecule has 4 amide bonds. The molecule has 2 aromatic carbocycles. The van der Waals surface area contributed by atoms with Gasteiger partial charge in [0.25, 0.3) is 5.91 Å². The molecule has 7 nitrogen and oxygen atoms in total. The van der Waals surface area contributed by atoms with E-state index in [1.54, 1.807) is 18.9 Å². The lowest BCUT2D eigenvalue weighted by Gasteiger charge is -2.33. The van der Waals surface area contributed by atoms with Crippen molar-refractivity contribution in [2.75, 3.05) is 26.7 Å². The lowest BCUT2D eigenvalue weighted by molar-refractivity contribution is -0.139. The van der Waals surface area contributed by atoms with Gasteiger partial charge in [-0.1, -0.05) is 42.5 Å². The predicted octanol–water partition coefficient (Wildman–Crippen LogP) is 3.42. The highest BCUT2D eigenvalue weighted by Gasteiger charge is 2.48. The monoisotopic (exact) mass is 463 g/mol. The van der Waals surface area contributed by atoms with E-state index in [1.165, 1.54) is 5.56 Å². The van der Waals surface area contributed by atoms with Crippen LogP contribution in [0.15, 0.2) is 54.6 Å². The molecule has 2 aliphatic heterocycles. The van der Waals surface area contributed by atoms with Crippen LogP contribution >= 0.6 is 0 Å². The Balaban J connectivity index is 1.28. The summed E-state index contributed by atoms with van der Waals surface area (Å²) in [4.78, 5) is 41.4. The molecule has 0 radical (unpaired) electrons. The second kappa shape index (κ2) is 10.3. The number of methoxy groups -OCH3 is 1. The van der Waals surface area contributed by atoms with E-state index in [2.05, 4.69) is 29.6 Å². The van der Waals surface area contributed by atoms with Gasteiger partial charge in [-0.25, -0.2) is 4.79 Å². The van der Waals surface area contributed by atoms with Gasteiger partial charge in [-0.3, -0.25) is 14.5 Å². The number of likely N-dealkylation sites (tertiary alicyclic amines) is 1. The second-order valence-corrected chi connectivity index (χ2v) is 9.52. The van der Waals surface area contributed by atoms with Gasteiger partial charge in [-0.05, 0) is 68.2 Å². The number of carbonyl (C=O) groups excluding carboxylic acids is 3. The SMILES string of the molecule is COc1ccc(CC[C@]2(C)NC(=O)N(CC(=O)N3CCC(Cc4ccccc4)CC3)C2=O)cc1. The Morgan fingerprint density at radius 1 is 1.03 bits per heavy atom. The number of nitrogens with one attached hydrogen (secondary N) is 1. The first kappa shape index (κ1) is 23.8. The molecular weight excluding hydrogens is 430 g/mol. The molecule has 2 saturated heterocycles. The fourth-order valence-electron chi connectivity index (χ4n) is 4.82. The Labute approximate surface area is 201 Å². The van der Waals surface area contributed by atoms with Crippen molar-refractivity contribution < 1.29 is 19.1 Å². The van der Waals surface area contributed by atoms with Crippen LogP contribution in [0.1, 0.15) is 37.3 Å². The van der Waals surface area contributed by atoms with E-state index < -0.39 is 11.6 Å². The Morgan fingerprint density at radius 3 is 2.35 bits per heavy atom. The summed E-state index contributed by atoms with van der Waals surface area (Å²) in [5.41, 5.74) is 1.36. The van der Waals surface area contributed by atoms with Crippen LogP contribution in [0.4, 0.5) is 4.79 Å². The smallest absolute Gasteiger partial charge is 0.325 e. The lowest BCUT2D eigenvalue weighted by atomic mass is 9.90. The van der Waals surface area contributed by atoms with Gasteiger partial charge >= 0.3 is 6.03 Å². The Bertz CT molecular complexity index is 1020. The summed E-state index contributed by atoms with van der Waals surface area (Å²) >= 11 is 0. The molecule has 2 heterocycles. The summed E-state index contributed by atoms with van der Waals surface area (Å²) in [6, 6.07) is 17.6. The van der Waals surface area contributed by atoms with Crippen LogP contribution in [-0.4, -0.2) is 59.9 Å². The molecule has 1 N–H and O–H groups in total. The quantitative estimate of drug-likeness (QED) is 0.609. The van der Waals surface area contributed by atoms with Crippen LogP contribution < -0.4 is 10.1 Å². The van der Waals surface area contributed by atoms with E-state index in [1.807, 2.05) is 30.3 Å². The number of ether oxygens (including phenoxy) is 1.